The number of ether oxygens (including phenoxy) is 8. The van der Waals surface area contributed by atoms with Gasteiger partial charge in [-0.25, -0.2) is 29.8 Å². The molecule has 8 heterocycles. The van der Waals surface area contributed by atoms with Gasteiger partial charge in [-0.2, -0.15) is 0 Å². The highest BCUT2D eigenvalue weighted by molar-refractivity contribution is 5.80. The average molecular weight is 1640 g/mol. The minimum absolute atomic E-state index is 0.0833. The van der Waals surface area contributed by atoms with Gasteiger partial charge in [-0.15, -0.1) is 0 Å². The molecule has 9 N–H and O–H groups in total. The van der Waals surface area contributed by atoms with E-state index in [2.05, 4.69) is 72.4 Å². The monoisotopic (exact) mass is 1640 g/mol. The maximum atomic E-state index is 11.8. The van der Waals surface area contributed by atoms with Crippen LogP contribution in [0.4, 0.5) is 24.0 Å². The number of aliphatic hydroxyl groups excluding tert-OH is 3. The first-order valence-corrected chi connectivity index (χ1v) is 40.2. The summed E-state index contributed by atoms with van der Waals surface area (Å²) < 4.78 is 39.9. The number of carbonyl (C=O) groups excluding carboxylic acids is 9. The predicted molar refractivity (Wildman–Crippen MR) is 435 cm³/mol. The van der Waals surface area contributed by atoms with E-state index < -0.39 is 29.2 Å². The molecule has 0 spiro atoms. The first-order valence-electron chi connectivity index (χ1n) is 40.2. The summed E-state index contributed by atoms with van der Waals surface area (Å²) >= 11 is 0. The fourth-order valence-corrected chi connectivity index (χ4v) is 13.4. The van der Waals surface area contributed by atoms with Gasteiger partial charge in [0.1, 0.15) is 31.0 Å². The standard InChI is InChI=1S/C14H17NO4.C13H15NO4.C13H17NO3.C13H19NO.C11H19NO4.C10H19N3O3.C6H11NO2.C5H11NO/c1-18-13(16)12-7-8-15(9-12)14(17)19-10-11-5-3-2-4-6-11;15-12(16)11-6-7-14(8-11)13(17)18-9-10-4-2-1-3-5-10;15-9-12-6-7-14(8-12)13(16)17-10-11-4-2-1-3-5-11;1-11(13-5-3-2-4-6-13)14-8-7-12(9-14)10-15;1-11(2,3)16-10(14)12-6-5-8(7-12)9(13)15-4;1-10(2,3)16-9(15)13-5-4-7(6-13)8(14)12-11;1-9-6(8)5-2-3-7-4-5;7-4-5-1-2-6-3-5/h2-6,12H,7-10H2,1H3;1-5,11H,6-9H2,(H,15,16);1-5,12,15H,6-10H2;2-6,11-12,15H,7-10H2,1H3;8H,5-7H2,1-4H3;7H,4-6,11H2,1-3H3,(H,12,14);5,7H,2-4H2,1H3;5-7H,1-4H2/t12-;11-;12-;11-,12-;8-;7-;2*5-/m11111111/s1. The van der Waals surface area contributed by atoms with Gasteiger partial charge in [0.05, 0.1) is 50.9 Å². The molecule has 4 aromatic carbocycles. The highest BCUT2D eigenvalue weighted by atomic mass is 16.6. The van der Waals surface area contributed by atoms with Crippen molar-refractivity contribution in [2.45, 2.75) is 137 Å². The molecule has 0 saturated carbocycles. The largest absolute Gasteiger partial charge is 0.481 e. The fraction of sp³-hybridized carbons (Fsp3) is 0.600. The van der Waals surface area contributed by atoms with Crippen LogP contribution in [0, 0.1) is 47.3 Å². The van der Waals surface area contributed by atoms with Crippen LogP contribution in [0.25, 0.3) is 0 Å². The number of likely N-dealkylation sites (tertiary alicyclic amines) is 6. The minimum atomic E-state index is -0.853. The molecule has 8 aliphatic rings. The minimum Gasteiger partial charge on any atom is -0.481 e. The first-order chi connectivity index (χ1) is 55.9. The maximum absolute atomic E-state index is 11.8. The van der Waals surface area contributed by atoms with Crippen molar-refractivity contribution in [1.82, 2.24) is 45.5 Å². The molecule has 650 valence electrons. The van der Waals surface area contributed by atoms with Crippen molar-refractivity contribution in [3.8, 4) is 0 Å². The summed E-state index contributed by atoms with van der Waals surface area (Å²) in [6.07, 6.45) is 4.62. The Balaban J connectivity index is 0.000000241. The molecular weight excluding hydrogens is 1510 g/mol. The van der Waals surface area contributed by atoms with Gasteiger partial charge in [-0.1, -0.05) is 121 Å². The molecule has 32 heteroatoms. The molecule has 0 aliphatic carbocycles. The van der Waals surface area contributed by atoms with E-state index in [0.717, 1.165) is 81.6 Å². The molecule has 117 heavy (non-hydrogen) atoms. The van der Waals surface area contributed by atoms with E-state index in [1.807, 2.05) is 133 Å². The van der Waals surface area contributed by atoms with Crippen LogP contribution < -0.4 is 21.9 Å². The van der Waals surface area contributed by atoms with E-state index in [9.17, 15) is 47.9 Å². The molecule has 0 unspecified atom stereocenters. The zero-order chi connectivity index (χ0) is 85.9. The van der Waals surface area contributed by atoms with Gasteiger partial charge < -0.3 is 93.5 Å². The van der Waals surface area contributed by atoms with Crippen LogP contribution in [0.1, 0.15) is 128 Å². The highest BCUT2D eigenvalue weighted by Gasteiger charge is 2.37. The Morgan fingerprint density at radius 3 is 1.10 bits per heavy atom. The Hall–Kier alpha value is -9.70. The number of nitrogens with two attached hydrogens (primary N) is 1. The van der Waals surface area contributed by atoms with Crippen LogP contribution in [-0.2, 0) is 81.7 Å². The normalized spacial score (nSPS) is 21.3. The van der Waals surface area contributed by atoms with Crippen LogP contribution in [0.5, 0.6) is 0 Å². The number of hydrazine groups is 1. The van der Waals surface area contributed by atoms with Crippen LogP contribution >= 0.6 is 0 Å². The summed E-state index contributed by atoms with van der Waals surface area (Å²) in [7, 11) is 4.15. The number of nitrogens with zero attached hydrogens (tertiary/aromatic N) is 6. The summed E-state index contributed by atoms with van der Waals surface area (Å²) in [5.41, 5.74) is 5.31. The van der Waals surface area contributed by atoms with E-state index in [1.54, 1.807) is 14.7 Å². The Kier molecular flexibility index (Phi) is 43.6. The smallest absolute Gasteiger partial charge is 0.410 e. The van der Waals surface area contributed by atoms with Gasteiger partial charge in [0, 0.05) is 117 Å². The van der Waals surface area contributed by atoms with Crippen LogP contribution in [0.15, 0.2) is 121 Å². The van der Waals surface area contributed by atoms with Gasteiger partial charge in [0.2, 0.25) is 5.91 Å². The Labute approximate surface area is 688 Å². The molecule has 9 atom stereocenters. The number of benzene rings is 4. The number of aliphatic carboxylic acids is 1. The second-order valence-electron chi connectivity index (χ2n) is 31.7. The Bertz CT molecular complexity index is 3550. The van der Waals surface area contributed by atoms with E-state index >= 15 is 0 Å². The molecule has 8 fully saturated rings. The van der Waals surface area contributed by atoms with Crippen LogP contribution in [-0.4, -0.2) is 267 Å². The molecule has 32 nitrogen and oxygen atoms in total. The molecule has 4 aromatic rings. The molecule has 8 aliphatic heterocycles. The quantitative estimate of drug-likeness (QED) is 0.0172. The third kappa shape index (κ3) is 36.8. The third-order valence-corrected chi connectivity index (χ3v) is 20.3. The van der Waals surface area contributed by atoms with E-state index in [4.69, 9.17) is 50.0 Å². The summed E-state index contributed by atoms with van der Waals surface area (Å²) in [5.74, 6) is 3.56. The number of amides is 6. The number of carbonyl (C=O) groups is 10. The number of carboxylic acids is 1. The van der Waals surface area contributed by atoms with Gasteiger partial charge >= 0.3 is 54.3 Å². The van der Waals surface area contributed by atoms with Gasteiger partial charge in [-0.3, -0.25) is 34.3 Å². The number of aliphatic hydroxyl groups is 3. The lowest BCUT2D eigenvalue weighted by molar-refractivity contribution is -0.145. The molecule has 0 radical (unpaired) electrons. The van der Waals surface area contributed by atoms with E-state index in [-0.39, 0.29) is 104 Å². The molecular formula is C85H128N10O22. The van der Waals surface area contributed by atoms with Gasteiger partial charge in [-0.05, 0) is 154 Å². The topological polar surface area (TPSA) is 407 Å². The fourth-order valence-electron chi connectivity index (χ4n) is 13.4. The third-order valence-electron chi connectivity index (χ3n) is 20.3. The van der Waals surface area contributed by atoms with Crippen molar-refractivity contribution >= 4 is 60.3 Å². The predicted octanol–water partition coefficient (Wildman–Crippen LogP) is 8.25. The van der Waals surface area contributed by atoms with Crippen LogP contribution in [0.2, 0.25) is 0 Å². The number of hydrogen-bond donors (Lipinski definition) is 8. The number of nitrogens with one attached hydrogen (secondary N) is 3. The van der Waals surface area contributed by atoms with Crippen LogP contribution in [0.3, 0.4) is 0 Å². The molecule has 8 saturated heterocycles. The molecule has 6 amide bonds. The van der Waals surface area contributed by atoms with Crippen molar-refractivity contribution in [2.24, 2.45) is 53.2 Å². The second kappa shape index (κ2) is 52.2. The molecule has 0 aromatic heterocycles. The summed E-state index contributed by atoms with van der Waals surface area (Å²) in [4.78, 5) is 124. The lowest BCUT2D eigenvalue weighted by Gasteiger charge is -2.24. The van der Waals surface area contributed by atoms with Crippen molar-refractivity contribution < 1.29 is 106 Å². The Morgan fingerprint density at radius 1 is 0.419 bits per heavy atom. The molecule has 0 bridgehead atoms. The SMILES string of the molecule is CC(C)(C)OC(=O)N1CC[C@@H](C(=O)NN)C1.COC(=O)[C@@H]1CCN(C(=O)OC(C)(C)C)C1.COC(=O)[C@@H]1CCN(C(=O)OCc2ccccc2)C1.COC(=O)[C@@H]1CCNC1.C[C@H](c1ccccc1)N1CC[C@@H](CO)C1.O=C(O)[C@@H]1CCN(C(=O)OCc2ccccc2)C1.O=C(OCc1ccccc1)N1CC[C@@H](CO)C1.OC[C@@H]1CCNC1. The summed E-state index contributed by atoms with van der Waals surface area (Å²) in [6, 6.07) is 39.6. The highest BCUT2D eigenvalue weighted by Crippen LogP contribution is 2.28. The van der Waals surface area contributed by atoms with E-state index in [1.165, 1.54) is 36.7 Å². The summed E-state index contributed by atoms with van der Waals surface area (Å²) in [5, 5.41) is 41.7. The first kappa shape index (κ1) is 97.9. The molecule has 12 rings (SSSR count). The van der Waals surface area contributed by atoms with Gasteiger partial charge in [0.15, 0.2) is 0 Å². The summed E-state index contributed by atoms with van der Waals surface area (Å²) in [6.45, 7) is 25.4. The number of methoxy groups -OCH3 is 3. The average Bonchev–Trinajstić information content (AvgIpc) is 1.75. The number of esters is 3. The zero-order valence-corrected chi connectivity index (χ0v) is 69.9. The number of rotatable bonds is 16. The van der Waals surface area contributed by atoms with Crippen molar-refractivity contribution in [1.29, 1.82) is 0 Å². The second-order valence-corrected chi connectivity index (χ2v) is 31.7. The lowest BCUT2D eigenvalue weighted by Crippen LogP contribution is -2.39. The van der Waals surface area contributed by atoms with Crippen molar-refractivity contribution in [3.05, 3.63) is 144 Å². The lowest BCUT2D eigenvalue weighted by atomic mass is 10.1. The van der Waals surface area contributed by atoms with Crippen molar-refractivity contribution in [2.75, 3.05) is 146 Å². The maximum Gasteiger partial charge on any atom is 0.410 e. The van der Waals surface area contributed by atoms with Crippen molar-refractivity contribution in [3.63, 3.8) is 0 Å². The number of carboxylic acid groups (broad SMARTS) is 1. The Morgan fingerprint density at radius 2 is 0.761 bits per heavy atom. The van der Waals surface area contributed by atoms with E-state index in [0.29, 0.717) is 122 Å². The zero-order valence-electron chi connectivity index (χ0n) is 69.9. The van der Waals surface area contributed by atoms with Gasteiger partial charge in [0.25, 0.3) is 0 Å². The number of hydrogen-bond acceptors (Lipinski definition) is 25.